The van der Waals surface area contributed by atoms with Gasteiger partial charge < -0.3 is 11.1 Å². The van der Waals surface area contributed by atoms with E-state index in [1.807, 2.05) is 0 Å². The summed E-state index contributed by atoms with van der Waals surface area (Å²) in [6.07, 6.45) is 0. The molecule has 9 heteroatoms. The molecule has 3 rings (SSSR count). The van der Waals surface area contributed by atoms with Crippen LogP contribution in [0.25, 0.3) is 0 Å². The van der Waals surface area contributed by atoms with Crippen LogP contribution in [0, 0.1) is 10.1 Å². The molecule has 0 saturated heterocycles. The van der Waals surface area contributed by atoms with Gasteiger partial charge in [0.1, 0.15) is 5.69 Å². The number of nitrogens with two attached hydrogens (primary N) is 1. The lowest BCUT2D eigenvalue weighted by atomic mass is 10.2. The van der Waals surface area contributed by atoms with Gasteiger partial charge in [0.2, 0.25) is 0 Å². The molecule has 0 aliphatic rings. The second-order valence-corrected chi connectivity index (χ2v) is 7.34. The van der Waals surface area contributed by atoms with E-state index in [4.69, 9.17) is 5.73 Å². The number of rotatable bonds is 6. The summed E-state index contributed by atoms with van der Waals surface area (Å²) in [5.74, 6) is 0. The molecule has 27 heavy (non-hydrogen) atoms. The highest BCUT2D eigenvalue weighted by Crippen LogP contribution is 2.31. The molecule has 3 aromatic rings. The summed E-state index contributed by atoms with van der Waals surface area (Å²) >= 11 is 0. The second-order valence-electron chi connectivity index (χ2n) is 5.66. The summed E-state index contributed by atoms with van der Waals surface area (Å²) in [7, 11) is -3.97. The summed E-state index contributed by atoms with van der Waals surface area (Å²) in [6, 6.07) is 18.6. The van der Waals surface area contributed by atoms with Crippen molar-refractivity contribution in [2.24, 2.45) is 0 Å². The van der Waals surface area contributed by atoms with Crippen molar-refractivity contribution in [3.8, 4) is 0 Å². The van der Waals surface area contributed by atoms with Gasteiger partial charge in [-0.1, -0.05) is 24.3 Å². The average Bonchev–Trinajstić information content (AvgIpc) is 2.62. The molecular weight excluding hydrogens is 368 g/mol. The largest absolute Gasteiger partial charge is 0.399 e. The monoisotopic (exact) mass is 384 g/mol. The van der Waals surface area contributed by atoms with Crippen molar-refractivity contribution in [2.75, 3.05) is 15.8 Å². The fraction of sp³-hybridized carbons (Fsp3) is 0. The van der Waals surface area contributed by atoms with Crippen LogP contribution in [0.1, 0.15) is 0 Å². The molecule has 0 aliphatic carbocycles. The minimum absolute atomic E-state index is 0.157. The van der Waals surface area contributed by atoms with Gasteiger partial charge in [0.25, 0.3) is 15.7 Å². The molecule has 4 N–H and O–H groups in total. The summed E-state index contributed by atoms with van der Waals surface area (Å²) in [5, 5.41) is 14.3. The van der Waals surface area contributed by atoms with E-state index in [9.17, 15) is 18.5 Å². The van der Waals surface area contributed by atoms with Crippen LogP contribution < -0.4 is 15.8 Å². The Morgan fingerprint density at radius 1 is 0.889 bits per heavy atom. The Morgan fingerprint density at radius 3 is 2.26 bits per heavy atom. The molecule has 3 aromatic carbocycles. The van der Waals surface area contributed by atoms with E-state index in [2.05, 4.69) is 10.0 Å². The number of hydrogen-bond donors (Lipinski definition) is 3. The van der Waals surface area contributed by atoms with Crippen LogP contribution in [-0.2, 0) is 10.0 Å². The van der Waals surface area contributed by atoms with Gasteiger partial charge in [0.05, 0.1) is 9.82 Å². The van der Waals surface area contributed by atoms with Gasteiger partial charge in [-0.3, -0.25) is 14.8 Å². The molecule has 0 fully saturated rings. The predicted octanol–water partition coefficient (Wildman–Crippen LogP) is 3.72. The van der Waals surface area contributed by atoms with Crippen LogP contribution >= 0.6 is 0 Å². The number of nitro benzene ring substituents is 1. The van der Waals surface area contributed by atoms with Crippen LogP contribution in [-0.4, -0.2) is 13.3 Å². The number of nitro groups is 1. The first-order chi connectivity index (χ1) is 12.8. The zero-order valence-corrected chi connectivity index (χ0v) is 14.8. The maximum Gasteiger partial charge on any atom is 0.294 e. The third-order valence-corrected chi connectivity index (χ3v) is 5.05. The molecule has 0 atom stereocenters. The van der Waals surface area contributed by atoms with Crippen molar-refractivity contribution in [1.29, 1.82) is 0 Å². The molecule has 0 heterocycles. The molecule has 138 valence electrons. The highest BCUT2D eigenvalue weighted by atomic mass is 32.2. The Labute approximate surface area is 155 Å². The number of anilines is 4. The first-order valence-electron chi connectivity index (χ1n) is 7.84. The van der Waals surface area contributed by atoms with Gasteiger partial charge in [0, 0.05) is 23.1 Å². The minimum Gasteiger partial charge on any atom is -0.399 e. The van der Waals surface area contributed by atoms with Crippen molar-refractivity contribution >= 4 is 38.5 Å². The number of benzene rings is 3. The van der Waals surface area contributed by atoms with E-state index in [-0.39, 0.29) is 16.3 Å². The molecule has 0 unspecified atom stereocenters. The molecule has 0 bridgehead atoms. The van der Waals surface area contributed by atoms with Crippen LogP contribution in [0.3, 0.4) is 0 Å². The van der Waals surface area contributed by atoms with Gasteiger partial charge in [-0.2, -0.15) is 0 Å². The number of hydrogen-bond acceptors (Lipinski definition) is 6. The third-order valence-electron chi connectivity index (χ3n) is 3.67. The zero-order chi connectivity index (χ0) is 19.4. The van der Waals surface area contributed by atoms with Crippen molar-refractivity contribution in [2.45, 2.75) is 4.90 Å². The maximum absolute atomic E-state index is 12.5. The number of nitrogen functional groups attached to an aromatic ring is 1. The summed E-state index contributed by atoms with van der Waals surface area (Å²) < 4.78 is 27.4. The first kappa shape index (κ1) is 18.2. The fourth-order valence-electron chi connectivity index (χ4n) is 2.43. The van der Waals surface area contributed by atoms with E-state index in [0.29, 0.717) is 17.1 Å². The van der Waals surface area contributed by atoms with Crippen molar-refractivity contribution < 1.29 is 13.3 Å². The molecule has 0 amide bonds. The summed E-state index contributed by atoms with van der Waals surface area (Å²) in [6.45, 7) is 0. The van der Waals surface area contributed by atoms with Gasteiger partial charge in [0.15, 0.2) is 0 Å². The predicted molar refractivity (Wildman–Crippen MR) is 104 cm³/mol. The van der Waals surface area contributed by atoms with Gasteiger partial charge in [-0.15, -0.1) is 0 Å². The Morgan fingerprint density at radius 2 is 1.59 bits per heavy atom. The molecular formula is C18H16N4O4S. The average molecular weight is 384 g/mol. The highest BCUT2D eigenvalue weighted by Gasteiger charge is 2.21. The highest BCUT2D eigenvalue weighted by molar-refractivity contribution is 7.92. The Hall–Kier alpha value is -3.59. The lowest BCUT2D eigenvalue weighted by Crippen LogP contribution is -2.13. The van der Waals surface area contributed by atoms with Crippen LogP contribution in [0.2, 0.25) is 0 Å². The quantitative estimate of drug-likeness (QED) is 0.338. The third kappa shape index (κ3) is 4.33. The molecule has 0 aliphatic heterocycles. The number of nitrogens with zero attached hydrogens (tertiary/aromatic N) is 1. The second kappa shape index (κ2) is 7.34. The van der Waals surface area contributed by atoms with Crippen molar-refractivity contribution in [1.82, 2.24) is 0 Å². The number of nitrogens with one attached hydrogen (secondary N) is 2. The van der Waals surface area contributed by atoms with Crippen LogP contribution in [0.15, 0.2) is 77.7 Å². The Kier molecular flexibility index (Phi) is 4.95. The standard InChI is InChI=1S/C18H16N4O4S/c19-13-5-4-8-15(11-13)20-17-10-9-16(12-18(17)22(23)24)27(25,26)21-14-6-2-1-3-7-14/h1-12,20-21H,19H2. The maximum atomic E-state index is 12.5. The summed E-state index contributed by atoms with van der Waals surface area (Å²) in [4.78, 5) is 10.6. The van der Waals surface area contributed by atoms with Gasteiger partial charge in [-0.05, 0) is 42.5 Å². The molecule has 0 aromatic heterocycles. The van der Waals surface area contributed by atoms with Crippen LogP contribution in [0.4, 0.5) is 28.4 Å². The van der Waals surface area contributed by atoms with Gasteiger partial charge in [-0.25, -0.2) is 8.42 Å². The number of para-hydroxylation sites is 1. The Bertz CT molecular complexity index is 1090. The van der Waals surface area contributed by atoms with Crippen LogP contribution in [0.5, 0.6) is 0 Å². The summed E-state index contributed by atoms with van der Waals surface area (Å²) in [5.41, 5.74) is 6.90. The molecule has 0 saturated carbocycles. The van der Waals surface area contributed by atoms with Crippen molar-refractivity contribution in [3.05, 3.63) is 82.9 Å². The Balaban J connectivity index is 1.94. The van der Waals surface area contributed by atoms with Gasteiger partial charge >= 0.3 is 0 Å². The fourth-order valence-corrected chi connectivity index (χ4v) is 3.51. The first-order valence-corrected chi connectivity index (χ1v) is 9.32. The van der Waals surface area contributed by atoms with E-state index >= 15 is 0 Å². The smallest absolute Gasteiger partial charge is 0.294 e. The lowest BCUT2D eigenvalue weighted by molar-refractivity contribution is -0.384. The topological polar surface area (TPSA) is 127 Å². The molecule has 0 spiro atoms. The van der Waals surface area contributed by atoms with E-state index in [1.165, 1.54) is 12.1 Å². The minimum atomic E-state index is -3.97. The normalized spacial score (nSPS) is 11.0. The molecule has 0 radical (unpaired) electrons. The SMILES string of the molecule is Nc1cccc(Nc2ccc(S(=O)(=O)Nc3ccccc3)cc2[N+](=O)[O-])c1. The van der Waals surface area contributed by atoms with Crippen molar-refractivity contribution in [3.63, 3.8) is 0 Å². The molecule has 8 nitrogen and oxygen atoms in total. The number of sulfonamides is 1. The van der Waals surface area contributed by atoms with E-state index in [1.54, 1.807) is 54.6 Å². The zero-order valence-electron chi connectivity index (χ0n) is 14.0. The van der Waals surface area contributed by atoms with E-state index < -0.39 is 14.9 Å². The van der Waals surface area contributed by atoms with E-state index in [0.717, 1.165) is 6.07 Å². The lowest BCUT2D eigenvalue weighted by Gasteiger charge is -2.11.